The summed E-state index contributed by atoms with van der Waals surface area (Å²) in [5.74, 6) is 1.34. The van der Waals surface area contributed by atoms with E-state index < -0.39 is 0 Å². The molecule has 3 aromatic rings. The summed E-state index contributed by atoms with van der Waals surface area (Å²) in [6.45, 7) is 1.54. The molecule has 2 heterocycles. The van der Waals surface area contributed by atoms with E-state index in [2.05, 4.69) is 29.4 Å². The number of nitrogens with zero attached hydrogens (tertiary/aromatic N) is 3. The average molecular weight is 361 g/mol. The van der Waals surface area contributed by atoms with Gasteiger partial charge in [-0.25, -0.2) is 4.68 Å². The second kappa shape index (κ2) is 7.66. The zero-order valence-electron chi connectivity index (χ0n) is 15.4. The van der Waals surface area contributed by atoms with Gasteiger partial charge in [0.25, 0.3) is 5.91 Å². The van der Waals surface area contributed by atoms with Crippen LogP contribution in [-0.4, -0.2) is 40.8 Å². The summed E-state index contributed by atoms with van der Waals surface area (Å²) in [4.78, 5) is 14.7. The van der Waals surface area contributed by atoms with Gasteiger partial charge in [-0.05, 0) is 54.7 Å². The number of aromatic nitrogens is 2. The molecule has 0 radical (unpaired) electrons. The first-order chi connectivity index (χ1) is 13.2. The molecule has 1 amide bonds. The molecule has 1 aliphatic rings. The highest BCUT2D eigenvalue weighted by Crippen LogP contribution is 2.28. The van der Waals surface area contributed by atoms with Gasteiger partial charge in [0.05, 0.1) is 12.8 Å². The number of carbonyl (C=O) groups excluding carboxylic acids is 1. The second-order valence-electron chi connectivity index (χ2n) is 6.82. The van der Waals surface area contributed by atoms with E-state index in [1.54, 1.807) is 17.9 Å². The fourth-order valence-electron chi connectivity index (χ4n) is 3.62. The maximum absolute atomic E-state index is 12.8. The van der Waals surface area contributed by atoms with Crippen LogP contribution in [-0.2, 0) is 0 Å². The van der Waals surface area contributed by atoms with Crippen molar-refractivity contribution in [1.82, 2.24) is 14.7 Å². The van der Waals surface area contributed by atoms with Crippen molar-refractivity contribution >= 4 is 5.91 Å². The van der Waals surface area contributed by atoms with Crippen molar-refractivity contribution in [3.05, 3.63) is 78.1 Å². The molecule has 27 heavy (non-hydrogen) atoms. The Bertz CT molecular complexity index is 895. The molecule has 1 aromatic heterocycles. The Morgan fingerprint density at radius 1 is 1.00 bits per heavy atom. The molecule has 1 fully saturated rings. The Morgan fingerprint density at radius 3 is 2.37 bits per heavy atom. The number of benzene rings is 2. The third-order valence-electron chi connectivity index (χ3n) is 5.20. The molecular weight excluding hydrogens is 338 g/mol. The lowest BCUT2D eigenvalue weighted by Gasteiger charge is -2.31. The Balaban J connectivity index is 1.41. The van der Waals surface area contributed by atoms with Gasteiger partial charge in [-0.2, -0.15) is 5.10 Å². The van der Waals surface area contributed by atoms with Gasteiger partial charge < -0.3 is 9.64 Å². The smallest absolute Gasteiger partial charge is 0.274 e. The predicted octanol–water partition coefficient (Wildman–Crippen LogP) is 3.90. The van der Waals surface area contributed by atoms with Crippen molar-refractivity contribution in [2.45, 2.75) is 18.8 Å². The molecule has 1 saturated heterocycles. The number of piperidine rings is 1. The van der Waals surface area contributed by atoms with Crippen molar-refractivity contribution in [3.8, 4) is 11.4 Å². The van der Waals surface area contributed by atoms with Crippen LogP contribution < -0.4 is 4.74 Å². The normalized spacial score (nSPS) is 14.9. The highest BCUT2D eigenvalue weighted by atomic mass is 16.5. The van der Waals surface area contributed by atoms with Crippen LogP contribution in [0.3, 0.4) is 0 Å². The number of carbonyl (C=O) groups is 1. The van der Waals surface area contributed by atoms with Crippen molar-refractivity contribution in [2.75, 3.05) is 20.2 Å². The Kier molecular flexibility index (Phi) is 4.92. The van der Waals surface area contributed by atoms with Crippen molar-refractivity contribution < 1.29 is 9.53 Å². The highest BCUT2D eigenvalue weighted by Gasteiger charge is 2.25. The van der Waals surface area contributed by atoms with Crippen LogP contribution in [0.2, 0.25) is 0 Å². The fourth-order valence-corrected chi connectivity index (χ4v) is 3.62. The van der Waals surface area contributed by atoms with Gasteiger partial charge >= 0.3 is 0 Å². The zero-order valence-corrected chi connectivity index (χ0v) is 15.4. The third-order valence-corrected chi connectivity index (χ3v) is 5.20. The summed E-state index contributed by atoms with van der Waals surface area (Å²) in [6.07, 6.45) is 3.82. The summed E-state index contributed by atoms with van der Waals surface area (Å²) >= 11 is 0. The molecule has 1 aliphatic heterocycles. The van der Waals surface area contributed by atoms with E-state index >= 15 is 0 Å². The maximum atomic E-state index is 12.8. The third kappa shape index (κ3) is 3.72. The van der Waals surface area contributed by atoms with Gasteiger partial charge in [-0.3, -0.25) is 4.79 Å². The van der Waals surface area contributed by atoms with Gasteiger partial charge in [0.2, 0.25) is 0 Å². The minimum Gasteiger partial charge on any atom is -0.497 e. The summed E-state index contributed by atoms with van der Waals surface area (Å²) in [6, 6.07) is 20.0. The number of ether oxygens (including phenoxy) is 1. The van der Waals surface area contributed by atoms with E-state index in [1.165, 1.54) is 5.56 Å². The molecule has 0 bridgehead atoms. The largest absolute Gasteiger partial charge is 0.497 e. The highest BCUT2D eigenvalue weighted by molar-refractivity contribution is 5.92. The first-order valence-corrected chi connectivity index (χ1v) is 9.29. The lowest BCUT2D eigenvalue weighted by molar-refractivity contribution is 0.0706. The maximum Gasteiger partial charge on any atom is 0.274 e. The average Bonchev–Trinajstić information content (AvgIpc) is 3.24. The minimum atomic E-state index is 0.00812. The van der Waals surface area contributed by atoms with Gasteiger partial charge in [0, 0.05) is 19.3 Å². The lowest BCUT2D eigenvalue weighted by atomic mass is 9.89. The van der Waals surface area contributed by atoms with Crippen LogP contribution in [0, 0.1) is 0 Å². The number of likely N-dealkylation sites (tertiary alicyclic amines) is 1. The summed E-state index contributed by atoms with van der Waals surface area (Å²) in [7, 11) is 1.64. The standard InChI is InChI=1S/C22H23N3O2/c1-27-20-9-7-19(8-10-20)25-16-13-21(23-25)22(26)24-14-11-18(12-15-24)17-5-3-2-4-6-17/h2-10,13,16,18H,11-12,14-15H2,1H3. The van der Waals surface area contributed by atoms with E-state index in [1.807, 2.05) is 41.4 Å². The number of rotatable bonds is 4. The Morgan fingerprint density at radius 2 is 1.70 bits per heavy atom. The van der Waals surface area contributed by atoms with Gasteiger partial charge in [-0.15, -0.1) is 0 Å². The number of amides is 1. The molecule has 0 saturated carbocycles. The van der Waals surface area contributed by atoms with E-state index in [-0.39, 0.29) is 5.91 Å². The zero-order chi connectivity index (χ0) is 18.6. The van der Waals surface area contributed by atoms with Crippen LogP contribution in [0.4, 0.5) is 0 Å². The van der Waals surface area contributed by atoms with Crippen LogP contribution >= 0.6 is 0 Å². The summed E-state index contributed by atoms with van der Waals surface area (Å²) in [5.41, 5.74) is 2.76. The first kappa shape index (κ1) is 17.3. The number of hydrogen-bond acceptors (Lipinski definition) is 3. The summed E-state index contributed by atoms with van der Waals surface area (Å²) in [5, 5.41) is 4.47. The molecule has 5 nitrogen and oxygen atoms in total. The molecule has 0 N–H and O–H groups in total. The Hall–Kier alpha value is -3.08. The molecule has 0 spiro atoms. The Labute approximate surface area is 159 Å². The first-order valence-electron chi connectivity index (χ1n) is 9.29. The predicted molar refractivity (Wildman–Crippen MR) is 104 cm³/mol. The SMILES string of the molecule is COc1ccc(-n2ccc(C(=O)N3CCC(c4ccccc4)CC3)n2)cc1. The molecule has 0 atom stereocenters. The molecule has 0 unspecified atom stereocenters. The summed E-state index contributed by atoms with van der Waals surface area (Å²) < 4.78 is 6.90. The van der Waals surface area contributed by atoms with Gasteiger partial charge in [0.15, 0.2) is 5.69 Å². The monoisotopic (exact) mass is 361 g/mol. The molecule has 0 aliphatic carbocycles. The molecule has 5 heteroatoms. The topological polar surface area (TPSA) is 47.4 Å². The van der Waals surface area contributed by atoms with Crippen LogP contribution in [0.5, 0.6) is 5.75 Å². The van der Waals surface area contributed by atoms with Crippen molar-refractivity contribution in [2.24, 2.45) is 0 Å². The second-order valence-corrected chi connectivity index (χ2v) is 6.82. The van der Waals surface area contributed by atoms with Crippen LogP contribution in [0.1, 0.15) is 34.8 Å². The quantitative estimate of drug-likeness (QED) is 0.708. The molecular formula is C22H23N3O2. The molecule has 138 valence electrons. The van der Waals surface area contributed by atoms with Crippen molar-refractivity contribution in [3.63, 3.8) is 0 Å². The number of hydrogen-bond donors (Lipinski definition) is 0. The van der Waals surface area contributed by atoms with Gasteiger partial charge in [-0.1, -0.05) is 30.3 Å². The van der Waals surface area contributed by atoms with E-state index in [4.69, 9.17) is 4.74 Å². The van der Waals surface area contributed by atoms with E-state index in [9.17, 15) is 4.79 Å². The van der Waals surface area contributed by atoms with E-state index in [0.717, 1.165) is 37.4 Å². The molecule has 4 rings (SSSR count). The van der Waals surface area contributed by atoms with Crippen molar-refractivity contribution in [1.29, 1.82) is 0 Å². The number of methoxy groups -OCH3 is 1. The van der Waals surface area contributed by atoms with Gasteiger partial charge in [0.1, 0.15) is 5.75 Å². The van der Waals surface area contributed by atoms with Crippen LogP contribution in [0.25, 0.3) is 5.69 Å². The van der Waals surface area contributed by atoms with Crippen LogP contribution in [0.15, 0.2) is 66.9 Å². The molecule has 2 aromatic carbocycles. The lowest BCUT2D eigenvalue weighted by Crippen LogP contribution is -2.38. The minimum absolute atomic E-state index is 0.00812. The fraction of sp³-hybridized carbons (Fsp3) is 0.273. The van der Waals surface area contributed by atoms with E-state index in [0.29, 0.717) is 11.6 Å².